The van der Waals surface area contributed by atoms with Gasteiger partial charge in [0.05, 0.1) is 11.5 Å². The van der Waals surface area contributed by atoms with E-state index in [4.69, 9.17) is 28.0 Å². The molecule has 0 radical (unpaired) electrons. The predicted molar refractivity (Wildman–Crippen MR) is 130 cm³/mol. The maximum Gasteiger partial charge on any atom is 0.435 e. The van der Waals surface area contributed by atoms with Gasteiger partial charge in [0, 0.05) is 32.5 Å². The molecule has 0 saturated carbocycles. The van der Waals surface area contributed by atoms with E-state index >= 15 is 0 Å². The summed E-state index contributed by atoms with van der Waals surface area (Å²) >= 11 is 12.9. The van der Waals surface area contributed by atoms with Crippen molar-refractivity contribution in [2.24, 2.45) is 5.16 Å². The van der Waals surface area contributed by atoms with Gasteiger partial charge >= 0.3 is 12.4 Å². The minimum Gasteiger partial charge on any atom is -0.374 e. The smallest absolute Gasteiger partial charge is 0.374 e. The van der Waals surface area contributed by atoms with Gasteiger partial charge in [0.1, 0.15) is 6.54 Å². The highest BCUT2D eigenvalue weighted by Crippen LogP contribution is 2.50. The third-order valence-electron chi connectivity index (χ3n) is 5.55. The summed E-state index contributed by atoms with van der Waals surface area (Å²) in [6.07, 6.45) is -10.0. The lowest BCUT2D eigenvalue weighted by Gasteiger charge is -2.29. The summed E-state index contributed by atoms with van der Waals surface area (Å²) in [6.45, 7) is -1.44. The van der Waals surface area contributed by atoms with Crippen molar-refractivity contribution in [3.63, 3.8) is 0 Å². The average Bonchev–Trinajstić information content (AvgIpc) is 3.27. The second-order valence-electron chi connectivity index (χ2n) is 8.13. The Morgan fingerprint density at radius 3 is 2.27 bits per heavy atom. The molecule has 4 rings (SSSR count). The Hall–Kier alpha value is -2.63. The first kappa shape index (κ1) is 27.4. The van der Waals surface area contributed by atoms with E-state index in [-0.39, 0.29) is 27.1 Å². The fraction of sp³-hybridized carbons (Fsp3) is 0.250. The van der Waals surface area contributed by atoms with E-state index in [0.29, 0.717) is 21.2 Å². The molecule has 3 aromatic carbocycles. The zero-order valence-corrected chi connectivity index (χ0v) is 20.8. The fourth-order valence-corrected chi connectivity index (χ4v) is 5.29. The Labute approximate surface area is 220 Å². The van der Waals surface area contributed by atoms with Crippen molar-refractivity contribution in [2.45, 2.75) is 29.3 Å². The highest BCUT2D eigenvalue weighted by Gasteiger charge is 2.62. The number of nitrogens with zero attached hydrogens (tertiary/aromatic N) is 1. The second-order valence-corrected chi connectivity index (χ2v) is 10.0. The van der Waals surface area contributed by atoms with E-state index in [1.165, 1.54) is 12.1 Å². The quantitative estimate of drug-likeness (QED) is 0.242. The minimum absolute atomic E-state index is 0.00859. The Morgan fingerprint density at radius 2 is 1.65 bits per heavy atom. The van der Waals surface area contributed by atoms with Crippen molar-refractivity contribution in [1.29, 1.82) is 0 Å². The summed E-state index contributed by atoms with van der Waals surface area (Å²) in [5, 5.41) is 6.74. The molecule has 1 atom stereocenters. The van der Waals surface area contributed by atoms with Gasteiger partial charge in [0.15, 0.2) is 0 Å². The molecule has 1 heterocycles. The summed E-state index contributed by atoms with van der Waals surface area (Å²) in [7, 11) is 0. The molecule has 1 amide bonds. The van der Waals surface area contributed by atoms with E-state index in [0.717, 1.165) is 23.9 Å². The summed E-state index contributed by atoms with van der Waals surface area (Å²) < 4.78 is 80.0. The van der Waals surface area contributed by atoms with Gasteiger partial charge in [-0.05, 0) is 35.0 Å². The molecule has 0 unspecified atom stereocenters. The third-order valence-corrected chi connectivity index (χ3v) is 7.06. The van der Waals surface area contributed by atoms with Gasteiger partial charge in [0.25, 0.3) is 5.60 Å². The molecule has 1 aliphatic heterocycles. The van der Waals surface area contributed by atoms with Gasteiger partial charge in [0.2, 0.25) is 5.91 Å². The standard InChI is InChI=1S/C24H16Cl2F6N2O2S/c25-14-7-13(8-15(26)9-14)22(24(30,31)32)10-19(34-36-22)17-5-6-20(18-4-2-1-3-16(17)18)37-11-21(35)33-12-23(27,28)29/h1-9H,10-12H2,(H,33,35)/t22-/m0/s1. The van der Waals surface area contributed by atoms with E-state index < -0.39 is 36.8 Å². The number of amides is 1. The number of benzene rings is 3. The molecule has 0 spiro atoms. The molecule has 4 nitrogen and oxygen atoms in total. The van der Waals surface area contributed by atoms with Crippen LogP contribution >= 0.6 is 35.0 Å². The largest absolute Gasteiger partial charge is 0.435 e. The number of rotatable bonds is 6. The van der Waals surface area contributed by atoms with Gasteiger partial charge in [-0.2, -0.15) is 26.3 Å². The van der Waals surface area contributed by atoms with Crippen LogP contribution in [0.15, 0.2) is 64.6 Å². The molecule has 1 N–H and O–H groups in total. The lowest BCUT2D eigenvalue weighted by Crippen LogP contribution is -2.42. The SMILES string of the molecule is O=C(CSc1ccc(C2=NO[C@@](c3cc(Cl)cc(Cl)c3)(C(F)(F)F)C2)c2ccccc12)NCC(F)(F)F. The van der Waals surface area contributed by atoms with Gasteiger partial charge in [-0.15, -0.1) is 11.8 Å². The van der Waals surface area contributed by atoms with E-state index in [1.54, 1.807) is 35.6 Å². The number of alkyl halides is 6. The van der Waals surface area contributed by atoms with Crippen LogP contribution in [-0.2, 0) is 15.2 Å². The van der Waals surface area contributed by atoms with Crippen LogP contribution in [0.25, 0.3) is 10.8 Å². The number of nitrogens with one attached hydrogen (secondary N) is 1. The molecule has 3 aromatic rings. The zero-order chi connectivity index (χ0) is 27.0. The molecule has 0 saturated heterocycles. The Morgan fingerprint density at radius 1 is 1.00 bits per heavy atom. The first-order valence-corrected chi connectivity index (χ1v) is 12.3. The maximum absolute atomic E-state index is 14.3. The second kappa shape index (κ2) is 10.3. The Bertz CT molecular complexity index is 1360. The fourth-order valence-electron chi connectivity index (χ4n) is 3.88. The monoisotopic (exact) mass is 580 g/mol. The van der Waals surface area contributed by atoms with Crippen molar-refractivity contribution in [3.8, 4) is 0 Å². The lowest BCUT2D eigenvalue weighted by atomic mass is 9.85. The van der Waals surface area contributed by atoms with Crippen LogP contribution in [-0.4, -0.2) is 36.3 Å². The van der Waals surface area contributed by atoms with Crippen molar-refractivity contribution >= 4 is 57.4 Å². The number of hydrogen-bond donors (Lipinski definition) is 1. The number of oxime groups is 1. The zero-order valence-electron chi connectivity index (χ0n) is 18.5. The van der Waals surface area contributed by atoms with Gasteiger partial charge < -0.3 is 10.2 Å². The summed E-state index contributed by atoms with van der Waals surface area (Å²) in [5.74, 6) is -1.09. The number of halogens is 8. The van der Waals surface area contributed by atoms with Gasteiger partial charge in [-0.3, -0.25) is 4.79 Å². The molecule has 0 fully saturated rings. The van der Waals surface area contributed by atoms with Crippen molar-refractivity contribution in [2.75, 3.05) is 12.3 Å². The van der Waals surface area contributed by atoms with Crippen LogP contribution < -0.4 is 5.32 Å². The molecule has 196 valence electrons. The van der Waals surface area contributed by atoms with Crippen molar-refractivity contribution < 1.29 is 36.0 Å². The number of fused-ring (bicyclic) bond motifs is 1. The molecule has 13 heteroatoms. The molecule has 0 aromatic heterocycles. The molecule has 0 aliphatic carbocycles. The van der Waals surface area contributed by atoms with Gasteiger partial charge in [-0.1, -0.05) is 58.7 Å². The normalized spacial score (nSPS) is 18.0. The molecular weight excluding hydrogens is 565 g/mol. The molecule has 1 aliphatic rings. The Balaban J connectivity index is 1.63. The summed E-state index contributed by atoms with van der Waals surface area (Å²) in [5.41, 5.74) is -2.69. The average molecular weight is 581 g/mol. The molecule has 37 heavy (non-hydrogen) atoms. The van der Waals surface area contributed by atoms with Crippen LogP contribution in [0.3, 0.4) is 0 Å². The molecular formula is C24H16Cl2F6N2O2S. The number of thioether (sulfide) groups is 1. The first-order chi connectivity index (χ1) is 17.3. The first-order valence-electron chi connectivity index (χ1n) is 10.6. The van der Waals surface area contributed by atoms with Crippen molar-refractivity contribution in [3.05, 3.63) is 75.8 Å². The maximum atomic E-state index is 14.3. The van der Waals surface area contributed by atoms with E-state index in [9.17, 15) is 31.1 Å². The van der Waals surface area contributed by atoms with Crippen LogP contribution in [0, 0.1) is 0 Å². The summed E-state index contributed by atoms with van der Waals surface area (Å²) in [6, 6.07) is 13.4. The summed E-state index contributed by atoms with van der Waals surface area (Å²) in [4.78, 5) is 17.5. The van der Waals surface area contributed by atoms with Crippen LogP contribution in [0.5, 0.6) is 0 Å². The van der Waals surface area contributed by atoms with Crippen LogP contribution in [0.4, 0.5) is 26.3 Å². The number of carbonyl (C=O) groups is 1. The molecule has 0 bridgehead atoms. The lowest BCUT2D eigenvalue weighted by molar-refractivity contribution is -0.275. The van der Waals surface area contributed by atoms with Crippen LogP contribution in [0.1, 0.15) is 17.5 Å². The van der Waals surface area contributed by atoms with Crippen LogP contribution in [0.2, 0.25) is 10.0 Å². The topological polar surface area (TPSA) is 50.7 Å². The number of hydrogen-bond acceptors (Lipinski definition) is 4. The highest BCUT2D eigenvalue weighted by atomic mass is 35.5. The minimum atomic E-state index is -4.86. The predicted octanol–water partition coefficient (Wildman–Crippen LogP) is 7.50. The van der Waals surface area contributed by atoms with E-state index in [2.05, 4.69) is 5.16 Å². The van der Waals surface area contributed by atoms with E-state index in [1.807, 2.05) is 0 Å². The highest BCUT2D eigenvalue weighted by molar-refractivity contribution is 8.00. The Kier molecular flexibility index (Phi) is 7.60. The van der Waals surface area contributed by atoms with Crippen molar-refractivity contribution in [1.82, 2.24) is 5.32 Å². The number of carbonyl (C=O) groups excluding carboxylic acids is 1. The van der Waals surface area contributed by atoms with Gasteiger partial charge in [-0.25, -0.2) is 0 Å². The third kappa shape index (κ3) is 5.94.